The number of nitrogens with zero attached hydrogens (tertiary/aromatic N) is 1. The van der Waals surface area contributed by atoms with E-state index in [0.717, 1.165) is 16.5 Å². The number of hydrogen-bond acceptors (Lipinski definition) is 3. The summed E-state index contributed by atoms with van der Waals surface area (Å²) in [7, 11) is 1.69. The van der Waals surface area contributed by atoms with Crippen molar-refractivity contribution >= 4 is 28.7 Å². The third-order valence-corrected chi connectivity index (χ3v) is 3.93. The van der Waals surface area contributed by atoms with E-state index < -0.39 is 5.97 Å². The quantitative estimate of drug-likeness (QED) is 0.817. The van der Waals surface area contributed by atoms with Crippen molar-refractivity contribution in [2.24, 2.45) is 7.05 Å². The molecule has 2 aromatic rings. The van der Waals surface area contributed by atoms with Crippen molar-refractivity contribution in [3.63, 3.8) is 0 Å². The number of carbonyl (C=O) groups excluding carboxylic acids is 2. The van der Waals surface area contributed by atoms with Gasteiger partial charge in [-0.05, 0) is 30.2 Å². The van der Waals surface area contributed by atoms with Crippen molar-refractivity contribution in [1.82, 2.24) is 9.88 Å². The minimum absolute atomic E-state index is 0.199. The smallest absolute Gasteiger partial charge is 0.352 e. The van der Waals surface area contributed by atoms with Gasteiger partial charge in [-0.25, -0.2) is 4.79 Å². The first kappa shape index (κ1) is 13.4. The maximum Gasteiger partial charge on any atom is 0.352 e. The van der Waals surface area contributed by atoms with Crippen molar-refractivity contribution in [3.8, 4) is 0 Å². The van der Waals surface area contributed by atoms with Crippen LogP contribution in [0.25, 0.3) is 10.9 Å². The molecule has 2 N–H and O–H groups in total. The number of carbonyl (C=O) groups is 3. The average molecular weight is 286 g/mol. The van der Waals surface area contributed by atoms with Crippen LogP contribution in [0.5, 0.6) is 0 Å². The number of piperidine rings is 1. The zero-order valence-electron chi connectivity index (χ0n) is 11.4. The van der Waals surface area contributed by atoms with Gasteiger partial charge in [-0.15, -0.1) is 0 Å². The van der Waals surface area contributed by atoms with E-state index in [9.17, 15) is 14.4 Å². The molecule has 21 heavy (non-hydrogen) atoms. The molecule has 1 atom stereocenters. The molecule has 1 saturated heterocycles. The fraction of sp³-hybridized carbons (Fsp3) is 0.267. The Labute approximate surface area is 120 Å². The first-order valence-electron chi connectivity index (χ1n) is 6.63. The Balaban J connectivity index is 2.03. The molecule has 6 heteroatoms. The first-order chi connectivity index (χ1) is 9.97. The second-order valence-electron chi connectivity index (χ2n) is 5.22. The minimum atomic E-state index is -0.990. The van der Waals surface area contributed by atoms with Gasteiger partial charge in [-0.2, -0.15) is 0 Å². The van der Waals surface area contributed by atoms with Gasteiger partial charge in [0.2, 0.25) is 11.8 Å². The largest absolute Gasteiger partial charge is 0.477 e. The summed E-state index contributed by atoms with van der Waals surface area (Å²) in [5.41, 5.74) is 1.80. The molecule has 1 unspecified atom stereocenters. The number of aryl methyl sites for hydroxylation is 1. The standard InChI is InChI=1S/C15H14N2O4/c1-17-11-4-2-8(6-9(11)7-12(17)15(20)21)10-3-5-13(18)16-14(10)19/h2,4,6-7,10H,3,5H2,1H3,(H,20,21)(H,16,18,19). The monoisotopic (exact) mass is 286 g/mol. The maximum absolute atomic E-state index is 11.9. The number of benzene rings is 1. The van der Waals surface area contributed by atoms with Crippen LogP contribution < -0.4 is 5.32 Å². The summed E-state index contributed by atoms with van der Waals surface area (Å²) < 4.78 is 1.60. The number of nitrogens with one attached hydrogen (secondary N) is 1. The summed E-state index contributed by atoms with van der Waals surface area (Å²) in [6, 6.07) is 7.03. The van der Waals surface area contributed by atoms with Crippen molar-refractivity contribution in [1.29, 1.82) is 0 Å². The van der Waals surface area contributed by atoms with Crippen molar-refractivity contribution in [3.05, 3.63) is 35.5 Å². The number of hydrogen-bond donors (Lipinski definition) is 2. The fourth-order valence-corrected chi connectivity index (χ4v) is 2.80. The van der Waals surface area contributed by atoms with E-state index in [-0.39, 0.29) is 23.4 Å². The van der Waals surface area contributed by atoms with Crippen LogP contribution in [0.2, 0.25) is 0 Å². The lowest BCUT2D eigenvalue weighted by atomic mass is 9.90. The summed E-state index contributed by atoms with van der Waals surface area (Å²) in [4.78, 5) is 34.2. The first-order valence-corrected chi connectivity index (χ1v) is 6.63. The van der Waals surface area contributed by atoms with Crippen LogP contribution in [-0.4, -0.2) is 27.5 Å². The molecule has 0 radical (unpaired) electrons. The molecule has 3 rings (SSSR count). The zero-order valence-corrected chi connectivity index (χ0v) is 11.4. The van der Waals surface area contributed by atoms with E-state index in [1.54, 1.807) is 23.7 Å². The second-order valence-corrected chi connectivity index (χ2v) is 5.22. The molecule has 2 heterocycles. The highest BCUT2D eigenvalue weighted by atomic mass is 16.4. The minimum Gasteiger partial charge on any atom is -0.477 e. The predicted molar refractivity (Wildman–Crippen MR) is 75.0 cm³/mol. The third-order valence-electron chi connectivity index (χ3n) is 3.93. The number of carboxylic acids is 1. The van der Waals surface area contributed by atoms with E-state index in [1.807, 2.05) is 12.1 Å². The van der Waals surface area contributed by atoms with Crippen LogP contribution in [-0.2, 0) is 16.6 Å². The van der Waals surface area contributed by atoms with Gasteiger partial charge in [0.05, 0.1) is 5.92 Å². The highest BCUT2D eigenvalue weighted by Gasteiger charge is 2.28. The van der Waals surface area contributed by atoms with Crippen molar-refractivity contribution < 1.29 is 19.5 Å². The molecule has 1 aromatic carbocycles. The van der Waals surface area contributed by atoms with Crippen molar-refractivity contribution in [2.45, 2.75) is 18.8 Å². The Morgan fingerprint density at radius 3 is 2.76 bits per heavy atom. The Kier molecular flexibility index (Phi) is 3.01. The maximum atomic E-state index is 11.9. The zero-order chi connectivity index (χ0) is 15.1. The molecule has 1 fully saturated rings. The van der Waals surface area contributed by atoms with Gasteiger partial charge in [-0.1, -0.05) is 6.07 Å². The molecule has 1 aromatic heterocycles. The van der Waals surface area contributed by atoms with Crippen molar-refractivity contribution in [2.75, 3.05) is 0 Å². The molecule has 0 aliphatic carbocycles. The molecule has 0 bridgehead atoms. The van der Waals surface area contributed by atoms with Crippen LogP contribution in [0.3, 0.4) is 0 Å². The molecule has 108 valence electrons. The Hall–Kier alpha value is -2.63. The number of amides is 2. The Bertz CT molecular complexity index is 775. The number of aromatic nitrogens is 1. The average Bonchev–Trinajstić information content (AvgIpc) is 2.76. The lowest BCUT2D eigenvalue weighted by Gasteiger charge is -2.21. The molecule has 6 nitrogen and oxygen atoms in total. The van der Waals surface area contributed by atoms with Gasteiger partial charge in [0, 0.05) is 24.4 Å². The lowest BCUT2D eigenvalue weighted by molar-refractivity contribution is -0.134. The SMILES string of the molecule is Cn1c(C(=O)O)cc2cc(C3CCC(=O)NC3=O)ccc21. The van der Waals surface area contributed by atoms with Crippen LogP contribution in [0.1, 0.15) is 34.8 Å². The molecule has 1 aliphatic rings. The van der Waals surface area contributed by atoms with E-state index in [2.05, 4.69) is 5.32 Å². The van der Waals surface area contributed by atoms with Gasteiger partial charge in [-0.3, -0.25) is 14.9 Å². The van der Waals surface area contributed by atoms with Gasteiger partial charge >= 0.3 is 5.97 Å². The number of aromatic carboxylic acids is 1. The van der Waals surface area contributed by atoms with Crippen LogP contribution in [0.15, 0.2) is 24.3 Å². The third kappa shape index (κ3) is 2.18. The fourth-order valence-electron chi connectivity index (χ4n) is 2.80. The van der Waals surface area contributed by atoms with Gasteiger partial charge in [0.25, 0.3) is 0 Å². The topological polar surface area (TPSA) is 88.4 Å². The van der Waals surface area contributed by atoms with E-state index >= 15 is 0 Å². The summed E-state index contributed by atoms with van der Waals surface area (Å²) in [6.45, 7) is 0. The molecular formula is C15H14N2O4. The lowest BCUT2D eigenvalue weighted by Crippen LogP contribution is -2.39. The van der Waals surface area contributed by atoms with Gasteiger partial charge in [0.1, 0.15) is 5.69 Å². The number of fused-ring (bicyclic) bond motifs is 1. The number of imide groups is 1. The normalized spacial score (nSPS) is 18.8. The highest BCUT2D eigenvalue weighted by molar-refractivity contribution is 6.01. The number of rotatable bonds is 2. The Morgan fingerprint density at radius 1 is 1.33 bits per heavy atom. The molecule has 1 aliphatic heterocycles. The second kappa shape index (κ2) is 4.73. The van der Waals surface area contributed by atoms with Gasteiger partial charge < -0.3 is 9.67 Å². The van der Waals surface area contributed by atoms with Crippen LogP contribution >= 0.6 is 0 Å². The van der Waals surface area contributed by atoms with E-state index in [4.69, 9.17) is 5.11 Å². The summed E-state index contributed by atoms with van der Waals surface area (Å²) in [6.07, 6.45) is 0.804. The molecule has 0 saturated carbocycles. The number of carboxylic acid groups (broad SMARTS) is 1. The molecular weight excluding hydrogens is 272 g/mol. The van der Waals surface area contributed by atoms with Crippen LogP contribution in [0.4, 0.5) is 0 Å². The van der Waals surface area contributed by atoms with Gasteiger partial charge in [0.15, 0.2) is 0 Å². The summed E-state index contributed by atoms with van der Waals surface area (Å²) in [5.74, 6) is -1.89. The van der Waals surface area contributed by atoms with Crippen LogP contribution in [0, 0.1) is 0 Å². The Morgan fingerprint density at radius 2 is 2.10 bits per heavy atom. The predicted octanol–water partition coefficient (Wildman–Crippen LogP) is 1.40. The molecule has 0 spiro atoms. The summed E-state index contributed by atoms with van der Waals surface area (Å²) >= 11 is 0. The summed E-state index contributed by atoms with van der Waals surface area (Å²) in [5, 5.41) is 12.2. The molecule has 2 amide bonds. The van der Waals surface area contributed by atoms with E-state index in [1.165, 1.54) is 0 Å². The highest BCUT2D eigenvalue weighted by Crippen LogP contribution is 2.28. The van der Waals surface area contributed by atoms with E-state index in [0.29, 0.717) is 12.8 Å².